The lowest BCUT2D eigenvalue weighted by atomic mass is 9.64. The van der Waals surface area contributed by atoms with Crippen LogP contribution in [0.25, 0.3) is 10.8 Å². The zero-order chi connectivity index (χ0) is 56.4. The summed E-state index contributed by atoms with van der Waals surface area (Å²) in [5.41, 5.74) is -1.66. The molecule has 4 heterocycles. The molecule has 8 rings (SSSR count). The second-order valence-corrected chi connectivity index (χ2v) is 22.8. The monoisotopic (exact) mass is 1100 g/mol. The maximum atomic E-state index is 15.3. The van der Waals surface area contributed by atoms with Gasteiger partial charge >= 0.3 is 0 Å². The number of hydrogen-bond donors (Lipinski definition) is 11. The Morgan fingerprint density at radius 2 is 1.26 bits per heavy atom. The van der Waals surface area contributed by atoms with Gasteiger partial charge < -0.3 is 104 Å². The highest BCUT2D eigenvalue weighted by Gasteiger charge is 2.57. The van der Waals surface area contributed by atoms with Crippen molar-refractivity contribution in [3.05, 3.63) is 28.8 Å². The van der Waals surface area contributed by atoms with Gasteiger partial charge in [0.05, 0.1) is 84.2 Å². The van der Waals surface area contributed by atoms with Crippen LogP contribution in [0.2, 0.25) is 0 Å². The van der Waals surface area contributed by atoms with Crippen molar-refractivity contribution in [2.24, 2.45) is 17.3 Å². The van der Waals surface area contributed by atoms with Gasteiger partial charge in [-0.3, -0.25) is 9.59 Å². The van der Waals surface area contributed by atoms with Crippen molar-refractivity contribution >= 4 is 22.3 Å². The van der Waals surface area contributed by atoms with Gasteiger partial charge in [0.15, 0.2) is 30.4 Å². The van der Waals surface area contributed by atoms with Crippen LogP contribution < -0.4 is 4.74 Å². The smallest absolute Gasteiger partial charge is 0.202 e. The first-order chi connectivity index (χ1) is 36.1. The Bertz CT molecular complexity index is 2380. The van der Waals surface area contributed by atoms with Crippen molar-refractivity contribution in [3.63, 3.8) is 0 Å². The molecule has 434 valence electrons. The standard InChI is InChI=1S/C54H80O23/c1-19-11-29(14-30(56)40(19)58)73-50-21(3)53(72-26(8)46(50)64)76-34-17-37(71-25(7)45(34)63)77-52-48(66)39-28(18-54(52,9)51(68-10)49(67)42(60)22(4)55)12-27-13-32(20(2)41(59)38(27)47(39)65)74-36-16-33(44(62)24(6)70-36)75-35-15-31(57)43(61)23(5)69-35/h12-13,19,21-26,29-31,33-37,40,42-46,50-53,55-65H,11,14-18H2,1-10H3/t19?,21?,22-,23?,24?,25?,26-,29+,30?,31-,33-,34?,35+,36+,37+,40-,42+,43+,44+,45+,46+,50?,51-,52+,53+,54?/m1/s1. The molecule has 26 atom stereocenters. The van der Waals surface area contributed by atoms with E-state index in [9.17, 15) is 61.0 Å². The molecule has 4 saturated heterocycles. The van der Waals surface area contributed by atoms with Crippen molar-refractivity contribution < 1.29 is 113 Å². The summed E-state index contributed by atoms with van der Waals surface area (Å²) in [5, 5.41) is 121. The summed E-state index contributed by atoms with van der Waals surface area (Å²) in [4.78, 5) is 29.4. The van der Waals surface area contributed by atoms with Gasteiger partial charge in [-0.25, -0.2) is 0 Å². The molecule has 2 aromatic rings. The van der Waals surface area contributed by atoms with Gasteiger partial charge in [-0.2, -0.15) is 0 Å². The minimum Gasteiger partial charge on any atom is -0.507 e. The lowest BCUT2D eigenvalue weighted by molar-refractivity contribution is -0.332. The fourth-order valence-electron chi connectivity index (χ4n) is 12.2. The number of methoxy groups -OCH3 is 1. The Balaban J connectivity index is 1.07. The van der Waals surface area contributed by atoms with E-state index in [4.69, 9.17) is 47.4 Å². The molecule has 77 heavy (non-hydrogen) atoms. The van der Waals surface area contributed by atoms with E-state index < -0.39 is 176 Å². The topological polar surface area (TPSA) is 349 Å². The van der Waals surface area contributed by atoms with Crippen molar-refractivity contribution in [2.75, 3.05) is 7.11 Å². The number of aromatic hydroxyl groups is 2. The number of phenols is 2. The fourth-order valence-corrected chi connectivity index (χ4v) is 12.2. The number of Topliss-reactive ketones (excluding diaryl/α,β-unsaturated/α-hetero) is 2. The maximum Gasteiger partial charge on any atom is 0.202 e. The molecule has 0 bridgehead atoms. The quantitative estimate of drug-likeness (QED) is 0.117. The second kappa shape index (κ2) is 23.7. The minimum atomic E-state index is -1.96. The van der Waals surface area contributed by atoms with E-state index in [1.54, 1.807) is 41.5 Å². The molecule has 5 fully saturated rings. The van der Waals surface area contributed by atoms with Crippen LogP contribution in [0.4, 0.5) is 0 Å². The molecule has 2 aromatic carbocycles. The summed E-state index contributed by atoms with van der Waals surface area (Å²) < 4.78 is 61.7. The minimum absolute atomic E-state index is 0.0358. The summed E-state index contributed by atoms with van der Waals surface area (Å²) in [5.74, 6) is -3.71. The van der Waals surface area contributed by atoms with Crippen LogP contribution in [0.5, 0.6) is 17.2 Å². The molecule has 11 N–H and O–H groups in total. The average molecular weight is 1100 g/mol. The number of carbonyl (C=O) groups excluding carboxylic acids is 2. The highest BCUT2D eigenvalue weighted by atomic mass is 16.7. The molecule has 0 radical (unpaired) electrons. The van der Waals surface area contributed by atoms with E-state index in [1.807, 2.05) is 0 Å². The van der Waals surface area contributed by atoms with Gasteiger partial charge in [0.1, 0.15) is 60.0 Å². The van der Waals surface area contributed by atoms with E-state index in [0.717, 1.165) is 0 Å². The molecule has 6 aliphatic rings. The maximum absolute atomic E-state index is 15.3. The summed E-state index contributed by atoms with van der Waals surface area (Å²) in [6.07, 6.45) is -25.6. The van der Waals surface area contributed by atoms with Crippen LogP contribution in [0.15, 0.2) is 12.1 Å². The van der Waals surface area contributed by atoms with Crippen LogP contribution >= 0.6 is 0 Å². The number of carbonyl (C=O) groups is 2. The van der Waals surface area contributed by atoms with E-state index >= 15 is 4.79 Å². The lowest BCUT2D eigenvalue weighted by Crippen LogP contribution is -2.61. The van der Waals surface area contributed by atoms with Crippen LogP contribution in [-0.2, 0) is 53.8 Å². The molecule has 0 amide bonds. The van der Waals surface area contributed by atoms with Crippen molar-refractivity contribution in [3.8, 4) is 17.2 Å². The SMILES string of the molecule is CO[C@H](C(=O)[C@@H](O)[C@@H](C)O)C1(C)Cc2cc3cc(O[C@H]4C[C@@H](O[C@H]5C[C@@H](O)[C@@H](O)C(C)O5)[C@@H](O)C(C)O4)c(C)c(O)c3c(O)c2C(=O)[C@@H]1O[C@H]1CC(O[C@@H]2O[C@H](C)[C@H](O)C(O[C@H]3CC(C)[C@@H](O)C(O)C3)C2C)[C@@H](O)C(C)O1. The Kier molecular flexibility index (Phi) is 18.4. The van der Waals surface area contributed by atoms with Gasteiger partial charge in [-0.1, -0.05) is 20.8 Å². The third kappa shape index (κ3) is 11.8. The normalized spacial score (nSPS) is 43.1. The van der Waals surface area contributed by atoms with E-state index in [2.05, 4.69) is 0 Å². The molecule has 9 unspecified atom stereocenters. The van der Waals surface area contributed by atoms with Crippen LogP contribution in [-0.4, -0.2) is 216 Å². The first-order valence-electron chi connectivity index (χ1n) is 26.8. The molecule has 4 aliphatic heterocycles. The zero-order valence-corrected chi connectivity index (χ0v) is 45.1. The van der Waals surface area contributed by atoms with Gasteiger partial charge in [-0.15, -0.1) is 0 Å². The number of fused-ring (bicyclic) bond motifs is 2. The van der Waals surface area contributed by atoms with Crippen molar-refractivity contribution in [1.82, 2.24) is 0 Å². The van der Waals surface area contributed by atoms with Gasteiger partial charge in [0.2, 0.25) is 6.29 Å². The van der Waals surface area contributed by atoms with Gasteiger partial charge in [0, 0.05) is 49.7 Å². The molecule has 0 aromatic heterocycles. The molecule has 23 nitrogen and oxygen atoms in total. The largest absolute Gasteiger partial charge is 0.507 e. The zero-order valence-electron chi connectivity index (χ0n) is 45.1. The average Bonchev–Trinajstić information content (AvgIpc) is 3.38. The van der Waals surface area contributed by atoms with Crippen molar-refractivity contribution in [2.45, 2.75) is 242 Å². The summed E-state index contributed by atoms with van der Waals surface area (Å²) >= 11 is 0. The molecular weight excluding hydrogens is 1020 g/mol. The van der Waals surface area contributed by atoms with E-state index in [0.29, 0.717) is 6.42 Å². The number of phenolic OH excluding ortho intramolecular Hbond substituents is 2. The molecule has 23 heteroatoms. The molecular formula is C54H80O23. The van der Waals surface area contributed by atoms with Crippen LogP contribution in [0.1, 0.15) is 109 Å². The number of ether oxygens (including phenoxy) is 10. The second-order valence-electron chi connectivity index (χ2n) is 22.8. The number of ketones is 2. The predicted octanol–water partition coefficient (Wildman–Crippen LogP) is 0.660. The number of rotatable bonds is 15. The van der Waals surface area contributed by atoms with Crippen LogP contribution in [0, 0.1) is 24.2 Å². The third-order valence-electron chi connectivity index (χ3n) is 16.9. The van der Waals surface area contributed by atoms with Gasteiger partial charge in [0.25, 0.3) is 0 Å². The lowest BCUT2D eigenvalue weighted by Gasteiger charge is -2.48. The molecule has 2 aliphatic carbocycles. The van der Waals surface area contributed by atoms with Gasteiger partial charge in [-0.05, 0) is 83.4 Å². The molecule has 1 saturated carbocycles. The summed E-state index contributed by atoms with van der Waals surface area (Å²) in [6, 6.07) is 3.05. The Hall–Kier alpha value is -3.28. The predicted molar refractivity (Wildman–Crippen MR) is 266 cm³/mol. The Labute approximate surface area is 446 Å². The first-order valence-corrected chi connectivity index (χ1v) is 26.8. The third-order valence-corrected chi connectivity index (χ3v) is 16.9. The number of aliphatic hydroxyl groups excluding tert-OH is 9. The number of hydrogen-bond acceptors (Lipinski definition) is 23. The molecule has 0 spiro atoms. The number of benzene rings is 2. The summed E-state index contributed by atoms with van der Waals surface area (Å²) in [7, 11) is 1.20. The van der Waals surface area contributed by atoms with Crippen molar-refractivity contribution in [1.29, 1.82) is 0 Å². The van der Waals surface area contributed by atoms with E-state index in [1.165, 1.54) is 40.0 Å². The van der Waals surface area contributed by atoms with E-state index in [-0.39, 0.29) is 71.2 Å². The highest BCUT2D eigenvalue weighted by Crippen LogP contribution is 2.51. The summed E-state index contributed by atoms with van der Waals surface area (Å²) in [6.45, 7) is 14.2. The highest BCUT2D eigenvalue weighted by molar-refractivity contribution is 6.11. The first kappa shape index (κ1) is 59.8. The Morgan fingerprint density at radius 1 is 0.688 bits per heavy atom. The fraction of sp³-hybridized carbons (Fsp3) is 0.778. The van der Waals surface area contributed by atoms with Crippen LogP contribution in [0.3, 0.4) is 0 Å². The Morgan fingerprint density at radius 3 is 1.87 bits per heavy atom. The number of aliphatic hydroxyl groups is 9.